The molecule has 0 radical (unpaired) electrons. The molecule has 1 aliphatic heterocycles. The summed E-state index contributed by atoms with van der Waals surface area (Å²) in [6.07, 6.45) is 1.42. The van der Waals surface area contributed by atoms with Crippen LogP contribution in [0.5, 0.6) is 0 Å². The van der Waals surface area contributed by atoms with E-state index in [0.717, 1.165) is 0 Å². The maximum Gasteiger partial charge on any atom is 0.253 e. The average Bonchev–Trinajstić information content (AvgIpc) is 2.41. The Morgan fingerprint density at radius 2 is 2.00 bits per heavy atom. The van der Waals surface area contributed by atoms with Crippen molar-refractivity contribution in [3.05, 3.63) is 27.2 Å². The molecule has 0 saturated carbocycles. The van der Waals surface area contributed by atoms with Gasteiger partial charge in [0.25, 0.3) is 5.91 Å². The van der Waals surface area contributed by atoms with Crippen LogP contribution in [0.2, 0.25) is 5.02 Å². The van der Waals surface area contributed by atoms with Gasteiger partial charge in [0.05, 0.1) is 15.5 Å². The van der Waals surface area contributed by atoms with E-state index >= 15 is 0 Å². The largest absolute Gasteiger partial charge is 0.381 e. The summed E-state index contributed by atoms with van der Waals surface area (Å²) in [4.78, 5) is 12.1. The Morgan fingerprint density at radius 3 is 2.57 bits per heavy atom. The molecule has 3 N–H and O–H groups in total. The van der Waals surface area contributed by atoms with Crippen molar-refractivity contribution >= 4 is 43.5 Å². The van der Waals surface area contributed by atoms with E-state index in [2.05, 4.69) is 21.2 Å². The monoisotopic (exact) mass is 396 g/mol. The van der Waals surface area contributed by atoms with E-state index in [4.69, 9.17) is 21.5 Å². The number of ether oxygens (including phenoxy) is 1. The molecule has 2 rings (SSSR count). The zero-order valence-electron chi connectivity index (χ0n) is 10.9. The van der Waals surface area contributed by atoms with E-state index in [9.17, 15) is 13.2 Å². The average molecular weight is 398 g/mol. The van der Waals surface area contributed by atoms with E-state index in [0.29, 0.717) is 30.5 Å². The lowest BCUT2D eigenvalue weighted by atomic mass is 10.1. The molecule has 0 unspecified atom stereocenters. The van der Waals surface area contributed by atoms with Crippen molar-refractivity contribution in [3.63, 3.8) is 0 Å². The summed E-state index contributed by atoms with van der Waals surface area (Å²) in [5, 5.41) is 8.06. The molecule has 9 heteroatoms. The third-order valence-electron chi connectivity index (χ3n) is 3.13. The van der Waals surface area contributed by atoms with Crippen molar-refractivity contribution in [3.8, 4) is 0 Å². The minimum atomic E-state index is -3.92. The van der Waals surface area contributed by atoms with Gasteiger partial charge in [0.2, 0.25) is 10.0 Å². The van der Waals surface area contributed by atoms with Crippen molar-refractivity contribution in [1.82, 2.24) is 5.32 Å². The third kappa shape index (κ3) is 4.17. The lowest BCUT2D eigenvalue weighted by molar-refractivity contribution is 0.0696. The molecule has 0 aliphatic carbocycles. The zero-order chi connectivity index (χ0) is 15.6. The molecule has 0 atom stereocenters. The number of amides is 1. The molecule has 6 nitrogen and oxygen atoms in total. The van der Waals surface area contributed by atoms with Gasteiger partial charge in [0.15, 0.2) is 0 Å². The minimum Gasteiger partial charge on any atom is -0.381 e. The predicted molar refractivity (Wildman–Crippen MR) is 81.8 cm³/mol. The first-order valence-electron chi connectivity index (χ1n) is 6.19. The Labute approximate surface area is 136 Å². The molecular weight excluding hydrogens is 384 g/mol. The van der Waals surface area contributed by atoms with Crippen LogP contribution in [0.3, 0.4) is 0 Å². The van der Waals surface area contributed by atoms with Crippen LogP contribution < -0.4 is 10.5 Å². The number of halogens is 2. The van der Waals surface area contributed by atoms with Gasteiger partial charge in [0, 0.05) is 23.7 Å². The molecule has 116 valence electrons. The maximum absolute atomic E-state index is 12.3. The Bertz CT molecular complexity index is 659. The Hall–Kier alpha value is -0.670. The van der Waals surface area contributed by atoms with Gasteiger partial charge in [-0.25, -0.2) is 13.6 Å². The highest BCUT2D eigenvalue weighted by Gasteiger charge is 2.22. The number of hydrogen-bond acceptors (Lipinski definition) is 4. The van der Waals surface area contributed by atoms with Crippen LogP contribution in [0.4, 0.5) is 0 Å². The molecule has 1 amide bonds. The summed E-state index contributed by atoms with van der Waals surface area (Å²) >= 11 is 9.19. The van der Waals surface area contributed by atoms with Gasteiger partial charge in [-0.05, 0) is 40.9 Å². The molecule has 0 aromatic heterocycles. The van der Waals surface area contributed by atoms with Crippen molar-refractivity contribution in [2.45, 2.75) is 23.8 Å². The summed E-state index contributed by atoms with van der Waals surface area (Å²) < 4.78 is 28.4. The van der Waals surface area contributed by atoms with Crippen LogP contribution in [0.25, 0.3) is 0 Å². The van der Waals surface area contributed by atoms with Gasteiger partial charge < -0.3 is 10.1 Å². The van der Waals surface area contributed by atoms with Crippen LogP contribution in [0.15, 0.2) is 21.5 Å². The third-order valence-corrected chi connectivity index (χ3v) is 5.29. The number of carbonyl (C=O) groups excluding carboxylic acids is 1. The number of nitrogens with one attached hydrogen (secondary N) is 1. The molecular formula is C12H14BrClN2O4S. The topological polar surface area (TPSA) is 98.5 Å². The molecule has 1 aromatic carbocycles. The number of carbonyl (C=O) groups is 1. The van der Waals surface area contributed by atoms with Crippen LogP contribution in [-0.2, 0) is 14.8 Å². The van der Waals surface area contributed by atoms with Gasteiger partial charge in [0.1, 0.15) is 0 Å². The highest BCUT2D eigenvalue weighted by Crippen LogP contribution is 2.29. The van der Waals surface area contributed by atoms with Crippen LogP contribution in [-0.4, -0.2) is 33.6 Å². The van der Waals surface area contributed by atoms with Crippen LogP contribution in [0, 0.1) is 0 Å². The number of benzene rings is 1. The fraction of sp³-hybridized carbons (Fsp3) is 0.417. The van der Waals surface area contributed by atoms with E-state index < -0.39 is 15.9 Å². The SMILES string of the molecule is NS(=O)(=O)c1cc(Br)c(Cl)c(C(=O)NC2CCOCC2)c1. The predicted octanol–water partition coefficient (Wildman–Crippen LogP) is 1.66. The molecule has 0 spiro atoms. The number of nitrogens with two attached hydrogens (primary N) is 1. The van der Waals surface area contributed by atoms with Crippen molar-refractivity contribution in [2.75, 3.05) is 13.2 Å². The molecule has 1 fully saturated rings. The summed E-state index contributed by atoms with van der Waals surface area (Å²) in [7, 11) is -3.92. The second-order valence-electron chi connectivity index (χ2n) is 4.67. The molecule has 21 heavy (non-hydrogen) atoms. The summed E-state index contributed by atoms with van der Waals surface area (Å²) in [5.74, 6) is -0.432. The second kappa shape index (κ2) is 6.62. The highest BCUT2D eigenvalue weighted by molar-refractivity contribution is 9.10. The van der Waals surface area contributed by atoms with Crippen molar-refractivity contribution < 1.29 is 17.9 Å². The number of rotatable bonds is 3. The number of sulfonamides is 1. The summed E-state index contributed by atoms with van der Waals surface area (Å²) in [5.41, 5.74) is 0.0709. The number of hydrogen-bond donors (Lipinski definition) is 2. The van der Waals surface area contributed by atoms with E-state index in [1.165, 1.54) is 12.1 Å². The standard InChI is InChI=1S/C12H14BrClN2O4S/c13-10-6-8(21(15,18)19)5-9(11(10)14)12(17)16-7-1-3-20-4-2-7/h5-7H,1-4H2,(H,16,17)(H2,15,18,19). The summed E-state index contributed by atoms with van der Waals surface area (Å²) in [6, 6.07) is 2.43. The molecule has 1 aromatic rings. The highest BCUT2D eigenvalue weighted by atomic mass is 79.9. The molecule has 1 saturated heterocycles. The van der Waals surface area contributed by atoms with E-state index in [1.807, 2.05) is 0 Å². The van der Waals surface area contributed by atoms with Gasteiger partial charge in [-0.1, -0.05) is 11.6 Å². The van der Waals surface area contributed by atoms with Crippen molar-refractivity contribution in [1.29, 1.82) is 0 Å². The Balaban J connectivity index is 2.29. The molecule has 1 aliphatic rings. The molecule has 1 heterocycles. The first kappa shape index (κ1) is 16.7. The van der Waals surface area contributed by atoms with Crippen molar-refractivity contribution in [2.24, 2.45) is 5.14 Å². The lowest BCUT2D eigenvalue weighted by Gasteiger charge is -2.23. The smallest absolute Gasteiger partial charge is 0.253 e. The lowest BCUT2D eigenvalue weighted by Crippen LogP contribution is -2.39. The van der Waals surface area contributed by atoms with Gasteiger partial charge in [-0.2, -0.15) is 0 Å². The van der Waals surface area contributed by atoms with Crippen LogP contribution >= 0.6 is 27.5 Å². The van der Waals surface area contributed by atoms with Gasteiger partial charge >= 0.3 is 0 Å². The normalized spacial score (nSPS) is 16.7. The first-order valence-corrected chi connectivity index (χ1v) is 8.91. The van der Waals surface area contributed by atoms with Gasteiger partial charge in [-0.3, -0.25) is 4.79 Å². The quantitative estimate of drug-likeness (QED) is 0.810. The molecule has 0 bridgehead atoms. The summed E-state index contributed by atoms with van der Waals surface area (Å²) in [6.45, 7) is 1.17. The number of primary sulfonamides is 1. The Morgan fingerprint density at radius 1 is 1.38 bits per heavy atom. The Kier molecular flexibility index (Phi) is 5.26. The zero-order valence-corrected chi connectivity index (χ0v) is 14.1. The maximum atomic E-state index is 12.3. The second-order valence-corrected chi connectivity index (χ2v) is 7.47. The fourth-order valence-corrected chi connectivity index (χ4v) is 3.37. The van der Waals surface area contributed by atoms with Crippen LogP contribution in [0.1, 0.15) is 23.2 Å². The minimum absolute atomic E-state index is 0.0146. The van der Waals surface area contributed by atoms with E-state index in [-0.39, 0.29) is 21.5 Å². The van der Waals surface area contributed by atoms with Gasteiger partial charge in [-0.15, -0.1) is 0 Å². The van der Waals surface area contributed by atoms with E-state index in [1.54, 1.807) is 0 Å². The first-order chi connectivity index (χ1) is 9.79. The fourth-order valence-electron chi connectivity index (χ4n) is 2.00.